The van der Waals surface area contributed by atoms with E-state index in [9.17, 15) is 0 Å². The molecule has 0 bridgehead atoms. The van der Waals surface area contributed by atoms with Gasteiger partial charge in [-0.25, -0.2) is 0 Å². The summed E-state index contributed by atoms with van der Waals surface area (Å²) in [6.07, 6.45) is 5.97. The normalized spacial score (nSPS) is 34.5. The molecule has 1 heterocycles. The Hall–Kier alpha value is -0.280. The molecule has 2 saturated carbocycles. The molecule has 0 spiro atoms. The van der Waals surface area contributed by atoms with E-state index in [1.54, 1.807) is 6.26 Å². The van der Waals surface area contributed by atoms with Crippen molar-refractivity contribution in [2.45, 2.75) is 31.8 Å². The first kappa shape index (κ1) is 8.98. The molecule has 76 valence electrons. The molecule has 2 atom stereocenters. The van der Waals surface area contributed by atoms with E-state index in [-0.39, 0.29) is 0 Å². The molecule has 0 radical (unpaired) electrons. The Morgan fingerprint density at radius 2 is 2.14 bits per heavy atom. The average Bonchev–Trinajstić information content (AvgIpc) is 2.61. The lowest BCUT2D eigenvalue weighted by Crippen LogP contribution is -2.26. The highest BCUT2D eigenvalue weighted by Gasteiger charge is 2.45. The van der Waals surface area contributed by atoms with E-state index in [0.29, 0.717) is 0 Å². The lowest BCUT2D eigenvalue weighted by molar-refractivity contribution is 0.427. The van der Waals surface area contributed by atoms with Gasteiger partial charge in [0, 0.05) is 6.04 Å². The highest BCUT2D eigenvalue weighted by molar-refractivity contribution is 9.10. The fraction of sp³-hybridized carbons (Fsp3) is 0.636. The maximum Gasteiger partial charge on any atom is 0.131 e. The quantitative estimate of drug-likeness (QED) is 0.899. The molecule has 2 nitrogen and oxygen atoms in total. The molecule has 3 rings (SSSR count). The second kappa shape index (κ2) is 3.38. The van der Waals surface area contributed by atoms with E-state index in [2.05, 4.69) is 21.2 Å². The van der Waals surface area contributed by atoms with Crippen LogP contribution in [0, 0.1) is 11.8 Å². The zero-order valence-corrected chi connectivity index (χ0v) is 9.59. The second-order valence-corrected chi connectivity index (χ2v) is 5.35. The van der Waals surface area contributed by atoms with Crippen molar-refractivity contribution in [2.75, 3.05) is 0 Å². The molecule has 0 amide bonds. The van der Waals surface area contributed by atoms with Crippen LogP contribution in [0.15, 0.2) is 21.2 Å². The van der Waals surface area contributed by atoms with Crippen molar-refractivity contribution < 1.29 is 4.42 Å². The molecular formula is C11H14BrNO. The topological polar surface area (TPSA) is 25.2 Å². The zero-order valence-electron chi connectivity index (χ0n) is 8.00. The third kappa shape index (κ3) is 1.63. The summed E-state index contributed by atoms with van der Waals surface area (Å²) in [6.45, 7) is 0.859. The van der Waals surface area contributed by atoms with Crippen LogP contribution in [0.2, 0.25) is 0 Å². The number of hydrogen-bond donors (Lipinski definition) is 1. The number of fused-ring (bicyclic) bond motifs is 1. The lowest BCUT2D eigenvalue weighted by atomic mass is 10.1. The summed E-state index contributed by atoms with van der Waals surface area (Å²) in [5, 5.41) is 3.56. The third-order valence-corrected chi connectivity index (χ3v) is 4.19. The van der Waals surface area contributed by atoms with Gasteiger partial charge in [0.05, 0.1) is 17.3 Å². The molecule has 2 unspecified atom stereocenters. The van der Waals surface area contributed by atoms with E-state index in [1.165, 1.54) is 19.3 Å². The summed E-state index contributed by atoms with van der Waals surface area (Å²) in [5.74, 6) is 3.12. The predicted octanol–water partition coefficient (Wildman–Crippen LogP) is 2.93. The van der Waals surface area contributed by atoms with Gasteiger partial charge in [0.25, 0.3) is 0 Å². The summed E-state index contributed by atoms with van der Waals surface area (Å²) in [6, 6.07) is 2.68. The van der Waals surface area contributed by atoms with E-state index in [0.717, 1.165) is 34.7 Å². The van der Waals surface area contributed by atoms with Gasteiger partial charge in [0.15, 0.2) is 0 Å². The van der Waals surface area contributed by atoms with Crippen molar-refractivity contribution in [3.63, 3.8) is 0 Å². The standard InChI is InChI=1S/C11H14BrNO/c12-10-1-2-14-11(10)6-13-9-4-7-3-8(7)5-9/h1-2,7-9,13H,3-6H2. The van der Waals surface area contributed by atoms with Gasteiger partial charge in [-0.3, -0.25) is 0 Å². The molecule has 2 aliphatic rings. The fourth-order valence-corrected chi connectivity index (χ4v) is 2.91. The van der Waals surface area contributed by atoms with E-state index < -0.39 is 0 Å². The molecule has 14 heavy (non-hydrogen) atoms. The molecule has 2 aliphatic carbocycles. The van der Waals surface area contributed by atoms with E-state index in [4.69, 9.17) is 4.42 Å². The summed E-state index contributed by atoms with van der Waals surface area (Å²) < 4.78 is 6.43. The van der Waals surface area contributed by atoms with Gasteiger partial charge in [-0.15, -0.1) is 0 Å². The fourth-order valence-electron chi connectivity index (χ4n) is 2.57. The van der Waals surface area contributed by atoms with Crippen LogP contribution in [-0.2, 0) is 6.54 Å². The minimum Gasteiger partial charge on any atom is -0.467 e. The van der Waals surface area contributed by atoms with E-state index in [1.807, 2.05) is 6.07 Å². The smallest absolute Gasteiger partial charge is 0.131 e. The Morgan fingerprint density at radius 3 is 2.79 bits per heavy atom. The molecular weight excluding hydrogens is 242 g/mol. The van der Waals surface area contributed by atoms with Crippen molar-refractivity contribution in [1.82, 2.24) is 5.32 Å². The van der Waals surface area contributed by atoms with Gasteiger partial charge in [-0.1, -0.05) is 0 Å². The van der Waals surface area contributed by atoms with E-state index >= 15 is 0 Å². The monoisotopic (exact) mass is 255 g/mol. The number of rotatable bonds is 3. The highest BCUT2D eigenvalue weighted by atomic mass is 79.9. The second-order valence-electron chi connectivity index (χ2n) is 4.50. The number of furan rings is 1. The van der Waals surface area contributed by atoms with Gasteiger partial charge in [0.1, 0.15) is 5.76 Å². The predicted molar refractivity (Wildman–Crippen MR) is 57.9 cm³/mol. The molecule has 1 aromatic rings. The third-order valence-electron chi connectivity index (χ3n) is 3.49. The van der Waals surface area contributed by atoms with Gasteiger partial charge in [-0.2, -0.15) is 0 Å². The number of nitrogens with one attached hydrogen (secondary N) is 1. The molecule has 2 fully saturated rings. The molecule has 0 saturated heterocycles. The Balaban J connectivity index is 1.52. The maximum absolute atomic E-state index is 5.35. The molecule has 1 N–H and O–H groups in total. The highest BCUT2D eigenvalue weighted by Crippen LogP contribution is 2.51. The van der Waals surface area contributed by atoms with Crippen LogP contribution >= 0.6 is 15.9 Å². The van der Waals surface area contributed by atoms with Crippen LogP contribution in [0.4, 0.5) is 0 Å². The Bertz CT molecular complexity index is 326. The number of halogens is 1. The lowest BCUT2D eigenvalue weighted by Gasteiger charge is -2.12. The van der Waals surface area contributed by atoms with Gasteiger partial charge >= 0.3 is 0 Å². The summed E-state index contributed by atoms with van der Waals surface area (Å²) in [7, 11) is 0. The van der Waals surface area contributed by atoms with Crippen LogP contribution in [-0.4, -0.2) is 6.04 Å². The van der Waals surface area contributed by atoms with Crippen molar-refractivity contribution in [2.24, 2.45) is 11.8 Å². The first-order chi connectivity index (χ1) is 6.83. The summed E-state index contributed by atoms with van der Waals surface area (Å²) in [5.41, 5.74) is 0. The summed E-state index contributed by atoms with van der Waals surface area (Å²) in [4.78, 5) is 0. The van der Waals surface area contributed by atoms with Crippen LogP contribution in [0.3, 0.4) is 0 Å². The first-order valence-corrected chi connectivity index (χ1v) is 6.07. The van der Waals surface area contributed by atoms with Gasteiger partial charge < -0.3 is 9.73 Å². The van der Waals surface area contributed by atoms with Gasteiger partial charge in [-0.05, 0) is 53.1 Å². The minimum absolute atomic E-state index is 0.732. The van der Waals surface area contributed by atoms with Crippen LogP contribution in [0.25, 0.3) is 0 Å². The molecule has 3 heteroatoms. The Morgan fingerprint density at radius 1 is 1.36 bits per heavy atom. The Labute approximate surface area is 92.2 Å². The minimum atomic E-state index is 0.732. The average molecular weight is 256 g/mol. The molecule has 1 aromatic heterocycles. The Kier molecular flexibility index (Phi) is 2.17. The van der Waals surface area contributed by atoms with Crippen molar-refractivity contribution in [1.29, 1.82) is 0 Å². The first-order valence-electron chi connectivity index (χ1n) is 5.28. The number of hydrogen-bond acceptors (Lipinski definition) is 2. The van der Waals surface area contributed by atoms with Crippen molar-refractivity contribution in [3.8, 4) is 0 Å². The van der Waals surface area contributed by atoms with Crippen LogP contribution in [0.5, 0.6) is 0 Å². The van der Waals surface area contributed by atoms with Gasteiger partial charge in [0.2, 0.25) is 0 Å². The molecule has 0 aromatic carbocycles. The van der Waals surface area contributed by atoms with Crippen molar-refractivity contribution >= 4 is 15.9 Å². The molecule has 0 aliphatic heterocycles. The maximum atomic E-state index is 5.35. The van der Waals surface area contributed by atoms with Crippen LogP contribution < -0.4 is 5.32 Å². The largest absolute Gasteiger partial charge is 0.467 e. The SMILES string of the molecule is Brc1ccoc1CNC1CC2CC2C1. The van der Waals surface area contributed by atoms with Crippen molar-refractivity contribution in [3.05, 3.63) is 22.6 Å². The van der Waals surface area contributed by atoms with Crippen LogP contribution in [0.1, 0.15) is 25.0 Å². The summed E-state index contributed by atoms with van der Waals surface area (Å²) >= 11 is 3.46. The zero-order chi connectivity index (χ0) is 9.54.